The molecule has 0 aromatic rings. The van der Waals surface area contributed by atoms with Crippen molar-refractivity contribution in [1.29, 1.82) is 0 Å². The van der Waals surface area contributed by atoms with Gasteiger partial charge >= 0.3 is 0 Å². The average molecular weight is 381 g/mol. The van der Waals surface area contributed by atoms with E-state index in [-0.39, 0.29) is 36.6 Å². The normalized spacial score (nSPS) is 37.4. The van der Waals surface area contributed by atoms with E-state index in [2.05, 4.69) is 17.2 Å². The van der Waals surface area contributed by atoms with Crippen LogP contribution in [0, 0.1) is 17.8 Å². The van der Waals surface area contributed by atoms with Crippen LogP contribution in [-0.2, 0) is 9.59 Å². The van der Waals surface area contributed by atoms with Crippen molar-refractivity contribution in [3.05, 3.63) is 0 Å². The summed E-state index contributed by atoms with van der Waals surface area (Å²) in [5, 5.41) is 1.99. The van der Waals surface area contributed by atoms with Gasteiger partial charge in [-0.1, -0.05) is 0 Å². The van der Waals surface area contributed by atoms with Gasteiger partial charge in [0.05, 0.1) is 12.1 Å². The molecule has 2 aliphatic carbocycles. The second kappa shape index (κ2) is 7.66. The molecule has 152 valence electrons. The van der Waals surface area contributed by atoms with Crippen molar-refractivity contribution in [3.63, 3.8) is 0 Å². The van der Waals surface area contributed by atoms with E-state index >= 15 is 0 Å². The molecule has 4 rings (SSSR count). The molecule has 1 N–H and O–H groups in total. The maximum Gasteiger partial charge on any atom is 0.226 e. The summed E-state index contributed by atoms with van der Waals surface area (Å²) in [4.78, 5) is 29.4. The molecule has 5 atom stereocenters. The van der Waals surface area contributed by atoms with E-state index in [0.29, 0.717) is 30.8 Å². The molecule has 2 saturated carbocycles. The van der Waals surface area contributed by atoms with Gasteiger partial charge in [-0.25, -0.2) is 9.40 Å². The highest BCUT2D eigenvalue weighted by Gasteiger charge is 2.49. The SMILES string of the molecule is CC(=O)N1C2CCC(C3CNN(CCF)C3)CC2N(C(=O)C2CC2)C[C@@H]1C. The molecule has 0 aromatic heterocycles. The highest BCUT2D eigenvalue weighted by Crippen LogP contribution is 2.41. The van der Waals surface area contributed by atoms with E-state index in [0.717, 1.165) is 45.2 Å². The molecular weight excluding hydrogens is 347 g/mol. The quantitative estimate of drug-likeness (QED) is 0.802. The fourth-order valence-electron chi connectivity index (χ4n) is 5.69. The van der Waals surface area contributed by atoms with E-state index in [1.165, 1.54) is 0 Å². The second-order valence-corrected chi connectivity index (χ2v) is 9.01. The molecule has 0 spiro atoms. The van der Waals surface area contributed by atoms with Gasteiger partial charge in [-0.3, -0.25) is 15.0 Å². The zero-order valence-electron chi connectivity index (χ0n) is 16.6. The summed E-state index contributed by atoms with van der Waals surface area (Å²) < 4.78 is 12.6. The van der Waals surface area contributed by atoms with Crippen LogP contribution in [-0.4, -0.2) is 77.6 Å². The van der Waals surface area contributed by atoms with Crippen molar-refractivity contribution < 1.29 is 14.0 Å². The zero-order chi connectivity index (χ0) is 19.1. The molecule has 0 bridgehead atoms. The number of carbonyl (C=O) groups is 2. The Bertz CT molecular complexity index is 584. The summed E-state index contributed by atoms with van der Waals surface area (Å²) in [7, 11) is 0. The van der Waals surface area contributed by atoms with Crippen molar-refractivity contribution >= 4 is 11.8 Å². The van der Waals surface area contributed by atoms with Crippen LogP contribution in [0.15, 0.2) is 0 Å². The summed E-state index contributed by atoms with van der Waals surface area (Å²) in [5.41, 5.74) is 3.32. The molecule has 2 heterocycles. The molecular formula is C20H33FN4O2. The molecule has 27 heavy (non-hydrogen) atoms. The molecule has 2 saturated heterocycles. The van der Waals surface area contributed by atoms with Crippen LogP contribution in [0.4, 0.5) is 4.39 Å². The molecule has 4 unspecified atom stereocenters. The minimum Gasteiger partial charge on any atom is -0.335 e. The maximum absolute atomic E-state index is 13.0. The van der Waals surface area contributed by atoms with Gasteiger partial charge in [0.2, 0.25) is 11.8 Å². The number of fused-ring (bicyclic) bond motifs is 1. The highest BCUT2D eigenvalue weighted by atomic mass is 19.1. The van der Waals surface area contributed by atoms with Crippen molar-refractivity contribution in [1.82, 2.24) is 20.2 Å². The van der Waals surface area contributed by atoms with Crippen LogP contribution >= 0.6 is 0 Å². The Kier molecular flexibility index (Phi) is 5.43. The first-order valence-electron chi connectivity index (χ1n) is 10.6. The van der Waals surface area contributed by atoms with E-state index in [1.54, 1.807) is 6.92 Å². The summed E-state index contributed by atoms with van der Waals surface area (Å²) in [6.07, 6.45) is 5.05. The number of hydrazine groups is 1. The lowest BCUT2D eigenvalue weighted by Crippen LogP contribution is -2.67. The Morgan fingerprint density at radius 2 is 1.85 bits per heavy atom. The lowest BCUT2D eigenvalue weighted by atomic mass is 9.73. The number of nitrogens with one attached hydrogen (secondary N) is 1. The van der Waals surface area contributed by atoms with Gasteiger partial charge in [0, 0.05) is 45.1 Å². The highest BCUT2D eigenvalue weighted by molar-refractivity contribution is 5.82. The number of amides is 2. The molecule has 2 aliphatic heterocycles. The Balaban J connectivity index is 1.50. The van der Waals surface area contributed by atoms with Crippen molar-refractivity contribution in [2.24, 2.45) is 17.8 Å². The van der Waals surface area contributed by atoms with Gasteiger partial charge in [0.1, 0.15) is 6.67 Å². The largest absolute Gasteiger partial charge is 0.335 e. The van der Waals surface area contributed by atoms with Crippen molar-refractivity contribution in [2.45, 2.75) is 64.1 Å². The first kappa shape index (κ1) is 19.1. The fraction of sp³-hybridized carbons (Fsp3) is 0.900. The molecule has 2 amide bonds. The molecule has 0 aromatic carbocycles. The molecule has 0 radical (unpaired) electrons. The fourth-order valence-corrected chi connectivity index (χ4v) is 5.69. The van der Waals surface area contributed by atoms with Gasteiger partial charge in [-0.15, -0.1) is 0 Å². The smallest absolute Gasteiger partial charge is 0.226 e. The van der Waals surface area contributed by atoms with Gasteiger partial charge in [-0.2, -0.15) is 0 Å². The van der Waals surface area contributed by atoms with Gasteiger partial charge in [-0.05, 0) is 50.9 Å². The number of nitrogens with zero attached hydrogens (tertiary/aromatic N) is 3. The predicted molar refractivity (Wildman–Crippen MR) is 100 cm³/mol. The number of piperazine rings is 1. The number of alkyl halides is 1. The summed E-state index contributed by atoms with van der Waals surface area (Å²) >= 11 is 0. The monoisotopic (exact) mass is 380 g/mol. The lowest BCUT2D eigenvalue weighted by molar-refractivity contribution is -0.155. The summed E-state index contributed by atoms with van der Waals surface area (Å²) in [5.74, 6) is 1.69. The first-order valence-corrected chi connectivity index (χ1v) is 10.6. The van der Waals surface area contributed by atoms with Crippen molar-refractivity contribution in [3.8, 4) is 0 Å². The number of hydrogen-bond donors (Lipinski definition) is 1. The molecule has 4 aliphatic rings. The summed E-state index contributed by atoms with van der Waals surface area (Å²) in [6.45, 7) is 6.29. The van der Waals surface area contributed by atoms with Crippen LogP contribution in [0.25, 0.3) is 0 Å². The number of carbonyl (C=O) groups excluding carboxylic acids is 2. The van der Waals surface area contributed by atoms with Crippen LogP contribution in [0.2, 0.25) is 0 Å². The maximum atomic E-state index is 13.0. The van der Waals surface area contributed by atoms with Crippen LogP contribution in [0.5, 0.6) is 0 Å². The van der Waals surface area contributed by atoms with Crippen LogP contribution in [0.3, 0.4) is 0 Å². The molecule has 4 fully saturated rings. The first-order chi connectivity index (χ1) is 13.0. The van der Waals surface area contributed by atoms with E-state index < -0.39 is 0 Å². The molecule has 6 nitrogen and oxygen atoms in total. The Labute approximate surface area is 161 Å². The van der Waals surface area contributed by atoms with E-state index in [9.17, 15) is 14.0 Å². The Morgan fingerprint density at radius 3 is 2.52 bits per heavy atom. The van der Waals surface area contributed by atoms with Gasteiger partial charge in [0.25, 0.3) is 0 Å². The third-order valence-corrected chi connectivity index (χ3v) is 7.14. The number of halogens is 1. The summed E-state index contributed by atoms with van der Waals surface area (Å²) in [6, 6.07) is 0.393. The predicted octanol–water partition coefficient (Wildman–Crippen LogP) is 1.42. The zero-order valence-corrected chi connectivity index (χ0v) is 16.6. The minimum absolute atomic E-state index is 0.0937. The van der Waals surface area contributed by atoms with Gasteiger partial charge < -0.3 is 9.80 Å². The van der Waals surface area contributed by atoms with Gasteiger partial charge in [0.15, 0.2) is 0 Å². The van der Waals surface area contributed by atoms with Crippen LogP contribution in [0.1, 0.15) is 46.0 Å². The molecule has 7 heteroatoms. The van der Waals surface area contributed by atoms with Crippen molar-refractivity contribution in [2.75, 3.05) is 32.9 Å². The lowest BCUT2D eigenvalue weighted by Gasteiger charge is -2.54. The topological polar surface area (TPSA) is 55.9 Å². The van der Waals surface area contributed by atoms with E-state index in [1.807, 2.05) is 9.91 Å². The number of hydrogen-bond acceptors (Lipinski definition) is 4. The third-order valence-electron chi connectivity index (χ3n) is 7.14. The standard InChI is InChI=1S/C20H33FN4O2/c1-13-11-24(20(27)15-3-4-15)19-9-16(5-6-18(19)25(13)14(2)26)17-10-22-23(12-17)8-7-21/h13,15-19,22H,3-12H2,1-2H3/t13-,16?,17?,18?,19?/m0/s1. The van der Waals surface area contributed by atoms with E-state index in [4.69, 9.17) is 0 Å². The number of rotatable bonds is 4. The third kappa shape index (κ3) is 3.73. The second-order valence-electron chi connectivity index (χ2n) is 9.01. The Morgan fingerprint density at radius 1 is 1.07 bits per heavy atom. The average Bonchev–Trinajstić information content (AvgIpc) is 3.39. The Hall–Kier alpha value is -1.21. The minimum atomic E-state index is -0.329. The van der Waals surface area contributed by atoms with Crippen LogP contribution < -0.4 is 5.43 Å².